The Balaban J connectivity index is 2.02. The van der Waals surface area contributed by atoms with Gasteiger partial charge in [0.05, 0.1) is 12.7 Å². The number of aryl methyl sites for hydroxylation is 1. The van der Waals surface area contributed by atoms with Crippen molar-refractivity contribution in [3.8, 4) is 23.3 Å². The molecule has 0 unspecified atom stereocenters. The lowest BCUT2D eigenvalue weighted by Gasteiger charge is -2.23. The van der Waals surface area contributed by atoms with Crippen LogP contribution in [0.3, 0.4) is 0 Å². The van der Waals surface area contributed by atoms with Crippen LogP contribution >= 0.6 is 0 Å². The molecule has 0 fully saturated rings. The van der Waals surface area contributed by atoms with E-state index in [0.717, 1.165) is 5.75 Å². The van der Waals surface area contributed by atoms with Gasteiger partial charge in [0.2, 0.25) is 0 Å². The largest absolute Gasteiger partial charge is 0.497 e. The van der Waals surface area contributed by atoms with Crippen LogP contribution in [0.25, 0.3) is 0 Å². The van der Waals surface area contributed by atoms with Crippen LogP contribution in [0.5, 0.6) is 17.2 Å². The predicted molar refractivity (Wildman–Crippen MR) is 98.6 cm³/mol. The fourth-order valence-electron chi connectivity index (χ4n) is 2.50. The Kier molecular flexibility index (Phi) is 5.93. The van der Waals surface area contributed by atoms with Crippen molar-refractivity contribution < 1.29 is 14.2 Å². The number of rotatable bonds is 6. The SMILES string of the molecule is COc1ccc(C#N)c(OCCOc2ccc(C)cc2C(C)(C)C)c1. The van der Waals surface area contributed by atoms with E-state index in [0.29, 0.717) is 30.3 Å². The molecule has 0 saturated heterocycles. The summed E-state index contributed by atoms with van der Waals surface area (Å²) in [5.74, 6) is 2.03. The number of ether oxygens (including phenoxy) is 3. The van der Waals surface area contributed by atoms with Gasteiger partial charge in [-0.05, 0) is 36.1 Å². The molecule has 0 atom stereocenters. The van der Waals surface area contributed by atoms with E-state index in [-0.39, 0.29) is 5.41 Å². The lowest BCUT2D eigenvalue weighted by atomic mass is 9.85. The second kappa shape index (κ2) is 7.94. The zero-order valence-electron chi connectivity index (χ0n) is 15.6. The molecule has 25 heavy (non-hydrogen) atoms. The van der Waals surface area contributed by atoms with Crippen LogP contribution in [0, 0.1) is 18.3 Å². The highest BCUT2D eigenvalue weighted by Crippen LogP contribution is 2.32. The molecule has 0 aromatic heterocycles. The van der Waals surface area contributed by atoms with Crippen LogP contribution < -0.4 is 14.2 Å². The molecule has 0 aliphatic rings. The van der Waals surface area contributed by atoms with Crippen molar-refractivity contribution in [3.05, 3.63) is 53.1 Å². The number of hydrogen-bond acceptors (Lipinski definition) is 4. The molecule has 132 valence electrons. The molecule has 0 heterocycles. The Morgan fingerprint density at radius 2 is 1.64 bits per heavy atom. The quantitative estimate of drug-likeness (QED) is 0.720. The summed E-state index contributed by atoms with van der Waals surface area (Å²) >= 11 is 0. The molecule has 0 radical (unpaired) electrons. The van der Waals surface area contributed by atoms with Crippen molar-refractivity contribution >= 4 is 0 Å². The van der Waals surface area contributed by atoms with E-state index in [1.807, 2.05) is 12.1 Å². The van der Waals surface area contributed by atoms with Crippen molar-refractivity contribution in [1.82, 2.24) is 0 Å². The summed E-state index contributed by atoms with van der Waals surface area (Å²) in [5.41, 5.74) is 2.87. The third-order valence-corrected chi connectivity index (χ3v) is 3.85. The predicted octanol–water partition coefficient (Wildman–Crippen LogP) is 4.63. The first-order valence-corrected chi connectivity index (χ1v) is 8.30. The van der Waals surface area contributed by atoms with Gasteiger partial charge in [-0.2, -0.15) is 5.26 Å². The molecule has 2 rings (SSSR count). The van der Waals surface area contributed by atoms with Gasteiger partial charge < -0.3 is 14.2 Å². The Labute approximate surface area is 150 Å². The van der Waals surface area contributed by atoms with Gasteiger partial charge in [-0.3, -0.25) is 0 Å². The average molecular weight is 339 g/mol. The molecule has 0 aliphatic heterocycles. The zero-order valence-corrected chi connectivity index (χ0v) is 15.6. The van der Waals surface area contributed by atoms with Crippen molar-refractivity contribution in [2.45, 2.75) is 33.1 Å². The lowest BCUT2D eigenvalue weighted by molar-refractivity contribution is 0.213. The monoisotopic (exact) mass is 339 g/mol. The van der Waals surface area contributed by atoms with E-state index in [1.165, 1.54) is 11.1 Å². The smallest absolute Gasteiger partial charge is 0.140 e. The van der Waals surface area contributed by atoms with Crippen LogP contribution in [0.15, 0.2) is 36.4 Å². The fraction of sp³-hybridized carbons (Fsp3) is 0.381. The van der Waals surface area contributed by atoms with Gasteiger partial charge in [-0.1, -0.05) is 38.5 Å². The summed E-state index contributed by atoms with van der Waals surface area (Å²) < 4.78 is 16.8. The fourth-order valence-corrected chi connectivity index (χ4v) is 2.50. The molecular weight excluding hydrogens is 314 g/mol. The summed E-state index contributed by atoms with van der Waals surface area (Å²) in [4.78, 5) is 0. The van der Waals surface area contributed by atoms with Crippen LogP contribution in [0.2, 0.25) is 0 Å². The summed E-state index contributed by atoms with van der Waals surface area (Å²) in [7, 11) is 1.58. The van der Waals surface area contributed by atoms with Gasteiger partial charge in [-0.15, -0.1) is 0 Å². The molecule has 0 saturated carbocycles. The maximum Gasteiger partial charge on any atom is 0.140 e. The van der Waals surface area contributed by atoms with E-state index in [4.69, 9.17) is 19.5 Å². The summed E-state index contributed by atoms with van der Waals surface area (Å²) in [5, 5.41) is 9.17. The van der Waals surface area contributed by atoms with Crippen molar-refractivity contribution in [3.63, 3.8) is 0 Å². The van der Waals surface area contributed by atoms with Crippen molar-refractivity contribution in [2.24, 2.45) is 0 Å². The third kappa shape index (κ3) is 4.90. The lowest BCUT2D eigenvalue weighted by Crippen LogP contribution is -2.16. The highest BCUT2D eigenvalue weighted by atomic mass is 16.5. The number of nitrogens with zero attached hydrogens (tertiary/aromatic N) is 1. The first-order chi connectivity index (χ1) is 11.8. The molecule has 2 aromatic carbocycles. The maximum absolute atomic E-state index is 9.17. The van der Waals surface area contributed by atoms with E-state index in [1.54, 1.807) is 25.3 Å². The van der Waals surface area contributed by atoms with Crippen LogP contribution in [-0.4, -0.2) is 20.3 Å². The number of methoxy groups -OCH3 is 1. The molecule has 2 aromatic rings. The molecule has 0 spiro atoms. The second-order valence-corrected chi connectivity index (χ2v) is 6.92. The Morgan fingerprint density at radius 1 is 0.960 bits per heavy atom. The average Bonchev–Trinajstić information content (AvgIpc) is 2.58. The number of benzene rings is 2. The minimum absolute atomic E-state index is 0.00296. The second-order valence-electron chi connectivity index (χ2n) is 6.92. The van der Waals surface area contributed by atoms with E-state index >= 15 is 0 Å². The Morgan fingerprint density at radius 3 is 2.24 bits per heavy atom. The molecule has 0 aliphatic carbocycles. The minimum Gasteiger partial charge on any atom is -0.497 e. The van der Waals surface area contributed by atoms with Crippen LogP contribution in [0.4, 0.5) is 0 Å². The molecule has 4 heteroatoms. The van der Waals surface area contributed by atoms with Gasteiger partial charge in [0.25, 0.3) is 0 Å². The summed E-state index contributed by atoms with van der Waals surface area (Å²) in [6.07, 6.45) is 0. The highest BCUT2D eigenvalue weighted by Gasteiger charge is 2.19. The summed E-state index contributed by atoms with van der Waals surface area (Å²) in [6, 6.07) is 13.5. The number of hydrogen-bond donors (Lipinski definition) is 0. The Bertz CT molecular complexity index is 770. The van der Waals surface area contributed by atoms with E-state index < -0.39 is 0 Å². The first kappa shape index (κ1) is 18.7. The van der Waals surface area contributed by atoms with Crippen LogP contribution in [-0.2, 0) is 5.41 Å². The third-order valence-electron chi connectivity index (χ3n) is 3.85. The van der Waals surface area contributed by atoms with E-state index in [9.17, 15) is 0 Å². The highest BCUT2D eigenvalue weighted by molar-refractivity contribution is 5.47. The molecule has 4 nitrogen and oxygen atoms in total. The van der Waals surface area contributed by atoms with Crippen LogP contribution in [0.1, 0.15) is 37.5 Å². The topological polar surface area (TPSA) is 51.5 Å². The zero-order chi connectivity index (χ0) is 18.4. The number of nitriles is 1. The minimum atomic E-state index is 0.00296. The molecule has 0 bridgehead atoms. The molecule has 0 N–H and O–H groups in total. The van der Waals surface area contributed by atoms with Gasteiger partial charge in [-0.25, -0.2) is 0 Å². The summed E-state index contributed by atoms with van der Waals surface area (Å²) in [6.45, 7) is 9.32. The normalized spacial score (nSPS) is 10.9. The molecular formula is C21H25NO3. The van der Waals surface area contributed by atoms with Gasteiger partial charge in [0.1, 0.15) is 36.5 Å². The van der Waals surface area contributed by atoms with E-state index in [2.05, 4.69) is 39.8 Å². The standard InChI is InChI=1S/C21H25NO3/c1-15-6-9-19(18(12-15)21(2,3)4)24-10-11-25-20-13-17(23-5)8-7-16(20)14-22/h6-9,12-13H,10-11H2,1-5H3. The van der Waals surface area contributed by atoms with Crippen molar-refractivity contribution in [2.75, 3.05) is 20.3 Å². The molecule has 0 amide bonds. The van der Waals surface area contributed by atoms with Gasteiger partial charge in [0, 0.05) is 6.07 Å². The van der Waals surface area contributed by atoms with Crippen molar-refractivity contribution in [1.29, 1.82) is 5.26 Å². The first-order valence-electron chi connectivity index (χ1n) is 8.30. The Hall–Kier alpha value is -2.67. The van der Waals surface area contributed by atoms with Gasteiger partial charge in [0.15, 0.2) is 0 Å². The van der Waals surface area contributed by atoms with Gasteiger partial charge >= 0.3 is 0 Å². The maximum atomic E-state index is 9.17.